The van der Waals surface area contributed by atoms with Crippen molar-refractivity contribution in [2.45, 2.75) is 83.1 Å². The van der Waals surface area contributed by atoms with Crippen LogP contribution in [0.1, 0.15) is 40.8 Å². The van der Waals surface area contributed by atoms with Gasteiger partial charge in [-0.2, -0.15) is 9.97 Å². The van der Waals surface area contributed by atoms with Gasteiger partial charge in [-0.15, -0.1) is 0 Å². The molecule has 0 bridgehead atoms. The summed E-state index contributed by atoms with van der Waals surface area (Å²) in [6.07, 6.45) is 0.652. The Kier molecular flexibility index (Phi) is 5.37. The van der Waals surface area contributed by atoms with Crippen LogP contribution in [0.25, 0.3) is 11.0 Å². The fourth-order valence-electron chi connectivity index (χ4n) is 3.91. The lowest BCUT2D eigenvalue weighted by Gasteiger charge is -2.37. The van der Waals surface area contributed by atoms with Crippen LogP contribution in [0.2, 0.25) is 18.1 Å². The molecule has 0 spiro atoms. The maximum Gasteiger partial charge on any atom is 0.227 e. The van der Waals surface area contributed by atoms with Crippen LogP contribution in [0.4, 0.5) is 5.95 Å². The van der Waals surface area contributed by atoms with E-state index in [0.717, 1.165) is 5.39 Å². The summed E-state index contributed by atoms with van der Waals surface area (Å²) in [6, 6.07) is 1.90. The Morgan fingerprint density at radius 3 is 2.52 bits per heavy atom. The van der Waals surface area contributed by atoms with E-state index in [1.807, 2.05) is 30.7 Å². The van der Waals surface area contributed by atoms with E-state index in [4.69, 9.17) is 29.1 Å². The number of methoxy groups -OCH3 is 1. The molecule has 1 unspecified atom stereocenters. The van der Waals surface area contributed by atoms with Gasteiger partial charge in [0.25, 0.3) is 0 Å². The Hall–Kier alpha value is -1.72. The van der Waals surface area contributed by atoms with Gasteiger partial charge in [0.2, 0.25) is 11.8 Å². The highest BCUT2D eigenvalue weighted by molar-refractivity contribution is 6.74. The number of anilines is 1. The fraction of sp³-hybridized carbons (Fsp3) is 0.714. The molecule has 2 aromatic rings. The number of aromatic nitrogens is 3. The molecule has 0 radical (unpaired) electrons. The maximum absolute atomic E-state index is 6.47. The minimum atomic E-state index is -1.94. The van der Waals surface area contributed by atoms with Crippen LogP contribution in [0.15, 0.2) is 12.3 Å². The van der Waals surface area contributed by atoms with Crippen LogP contribution < -0.4 is 10.5 Å². The third kappa shape index (κ3) is 3.95. The van der Waals surface area contributed by atoms with E-state index in [-0.39, 0.29) is 29.3 Å². The maximum atomic E-state index is 6.47. The molecule has 4 heterocycles. The number of nitrogen functional groups attached to an aromatic ring is 1. The third-order valence-electron chi connectivity index (χ3n) is 6.56. The summed E-state index contributed by atoms with van der Waals surface area (Å²) < 4.78 is 32.7. The van der Waals surface area contributed by atoms with Crippen LogP contribution in [-0.4, -0.2) is 60.7 Å². The second kappa shape index (κ2) is 7.41. The highest BCUT2D eigenvalue weighted by Gasteiger charge is 2.56. The summed E-state index contributed by atoms with van der Waals surface area (Å²) in [4.78, 5) is 8.59. The number of fused-ring (bicyclic) bond motifs is 2. The van der Waals surface area contributed by atoms with Crippen molar-refractivity contribution < 1.29 is 23.4 Å². The van der Waals surface area contributed by atoms with Crippen molar-refractivity contribution in [2.24, 2.45) is 0 Å². The minimum absolute atomic E-state index is 0.109. The van der Waals surface area contributed by atoms with E-state index in [0.29, 0.717) is 18.1 Å². The summed E-state index contributed by atoms with van der Waals surface area (Å²) in [5, 5.41) is 0.870. The van der Waals surface area contributed by atoms with Crippen molar-refractivity contribution in [3.63, 3.8) is 0 Å². The van der Waals surface area contributed by atoms with E-state index < -0.39 is 20.3 Å². The first kappa shape index (κ1) is 22.5. The molecule has 4 atom stereocenters. The molecule has 0 saturated carbocycles. The molecule has 0 amide bonds. The van der Waals surface area contributed by atoms with Crippen molar-refractivity contribution in [3.8, 4) is 5.88 Å². The Balaban J connectivity index is 1.65. The third-order valence-corrected chi connectivity index (χ3v) is 11.1. The molecule has 10 heteroatoms. The molecule has 2 fully saturated rings. The average Bonchev–Trinajstić information content (AvgIpc) is 3.29. The van der Waals surface area contributed by atoms with Gasteiger partial charge in [-0.3, -0.25) is 0 Å². The molecule has 9 nitrogen and oxygen atoms in total. The number of rotatable bonds is 5. The highest BCUT2D eigenvalue weighted by atomic mass is 28.4. The zero-order valence-electron chi connectivity index (χ0n) is 19.6. The van der Waals surface area contributed by atoms with Crippen molar-refractivity contribution in [1.29, 1.82) is 0 Å². The zero-order valence-corrected chi connectivity index (χ0v) is 20.6. The summed E-state index contributed by atoms with van der Waals surface area (Å²) in [5.41, 5.74) is 6.54. The Morgan fingerprint density at radius 2 is 1.87 bits per heavy atom. The minimum Gasteiger partial charge on any atom is -0.480 e. The van der Waals surface area contributed by atoms with E-state index in [1.165, 1.54) is 0 Å². The van der Waals surface area contributed by atoms with Gasteiger partial charge in [-0.25, -0.2) is 0 Å². The molecular weight excluding hydrogens is 416 g/mol. The number of hydrogen-bond donors (Lipinski definition) is 1. The smallest absolute Gasteiger partial charge is 0.227 e. The molecule has 0 aromatic carbocycles. The molecule has 2 aliphatic rings. The van der Waals surface area contributed by atoms with Crippen molar-refractivity contribution in [3.05, 3.63) is 12.3 Å². The molecule has 2 N–H and O–H groups in total. The largest absolute Gasteiger partial charge is 0.480 e. The SMILES string of the molecule is COc1nc(N)nc2c1ccn2C1O[C@H](CO[Si](C)(C)C(C)(C)C)[C@H]2OC(C)(C)O[C@@H]12. The molecule has 4 rings (SSSR count). The molecule has 31 heavy (non-hydrogen) atoms. The molecule has 2 aliphatic heterocycles. The molecular formula is C21H34N4O5Si. The summed E-state index contributed by atoms with van der Waals surface area (Å²) in [7, 11) is -0.380. The predicted molar refractivity (Wildman–Crippen MR) is 119 cm³/mol. The van der Waals surface area contributed by atoms with Gasteiger partial charge in [0.15, 0.2) is 26.0 Å². The lowest BCUT2D eigenvalue weighted by molar-refractivity contribution is -0.199. The van der Waals surface area contributed by atoms with Crippen molar-refractivity contribution in [2.75, 3.05) is 19.5 Å². The summed E-state index contributed by atoms with van der Waals surface area (Å²) >= 11 is 0. The van der Waals surface area contributed by atoms with Crippen LogP contribution in [0, 0.1) is 0 Å². The van der Waals surface area contributed by atoms with E-state index in [2.05, 4.69) is 43.8 Å². The number of nitrogens with zero attached hydrogens (tertiary/aromatic N) is 3. The number of ether oxygens (including phenoxy) is 4. The zero-order chi connectivity index (χ0) is 22.8. The normalized spacial score (nSPS) is 28.3. The van der Waals surface area contributed by atoms with Crippen LogP contribution in [0.5, 0.6) is 5.88 Å². The lowest BCUT2D eigenvalue weighted by Crippen LogP contribution is -2.44. The summed E-state index contributed by atoms with van der Waals surface area (Å²) in [5.74, 6) is -0.139. The molecule has 172 valence electrons. The first-order chi connectivity index (χ1) is 14.3. The Morgan fingerprint density at radius 1 is 1.19 bits per heavy atom. The Labute approximate surface area is 184 Å². The van der Waals surface area contributed by atoms with Gasteiger partial charge >= 0.3 is 0 Å². The molecule has 0 aliphatic carbocycles. The quantitative estimate of drug-likeness (QED) is 0.691. The van der Waals surface area contributed by atoms with Crippen LogP contribution in [0.3, 0.4) is 0 Å². The topological polar surface area (TPSA) is 103 Å². The second-order valence-corrected chi connectivity index (χ2v) is 15.1. The van der Waals surface area contributed by atoms with E-state index in [1.54, 1.807) is 7.11 Å². The van der Waals surface area contributed by atoms with Gasteiger partial charge in [0.05, 0.1) is 19.1 Å². The van der Waals surface area contributed by atoms with Gasteiger partial charge in [0, 0.05) is 6.20 Å². The molecule has 2 saturated heterocycles. The standard InChI is InChI=1S/C21H34N4O5Si/c1-20(2,3)31(7,8)27-11-13-14-15(30-21(4,5)29-14)18(28-13)25-10-9-12-16(25)23-19(22)24-17(12)26-6/h9-10,13-15,18H,11H2,1-8H3,(H2,22,23,24)/t13-,14-,15-,18?/m1/s1. The van der Waals surface area contributed by atoms with Gasteiger partial charge in [0.1, 0.15) is 18.3 Å². The number of nitrogens with two attached hydrogens (primary N) is 1. The predicted octanol–water partition coefficient (Wildman–Crippen LogP) is 3.46. The Bertz CT molecular complexity index is 971. The lowest BCUT2D eigenvalue weighted by atomic mass is 10.1. The van der Waals surface area contributed by atoms with Gasteiger partial charge in [-0.1, -0.05) is 20.8 Å². The van der Waals surface area contributed by atoms with Gasteiger partial charge < -0.3 is 33.7 Å². The van der Waals surface area contributed by atoms with Crippen LogP contribution in [-0.2, 0) is 18.6 Å². The fourth-order valence-corrected chi connectivity index (χ4v) is 4.92. The number of hydrogen-bond acceptors (Lipinski definition) is 8. The first-order valence-electron chi connectivity index (χ1n) is 10.7. The van der Waals surface area contributed by atoms with E-state index >= 15 is 0 Å². The monoisotopic (exact) mass is 450 g/mol. The second-order valence-electron chi connectivity index (χ2n) is 10.3. The van der Waals surface area contributed by atoms with Crippen molar-refractivity contribution in [1.82, 2.24) is 14.5 Å². The highest BCUT2D eigenvalue weighted by Crippen LogP contribution is 2.45. The van der Waals surface area contributed by atoms with Crippen molar-refractivity contribution >= 4 is 25.3 Å². The van der Waals surface area contributed by atoms with E-state index in [9.17, 15) is 0 Å². The van der Waals surface area contributed by atoms with Gasteiger partial charge in [-0.05, 0) is 38.0 Å². The molecule has 2 aromatic heterocycles. The average molecular weight is 451 g/mol. The van der Waals surface area contributed by atoms with Crippen LogP contribution >= 0.6 is 0 Å². The summed E-state index contributed by atoms with van der Waals surface area (Å²) in [6.45, 7) is 15.4. The first-order valence-corrected chi connectivity index (χ1v) is 13.6.